The summed E-state index contributed by atoms with van der Waals surface area (Å²) in [5.74, 6) is -0.0315. The maximum absolute atomic E-state index is 11.7. The fraction of sp³-hybridized carbons (Fsp3) is 0.857. The Kier molecular flexibility index (Phi) is 8.22. The van der Waals surface area contributed by atoms with Gasteiger partial charge in [0.1, 0.15) is 5.60 Å². The second kappa shape index (κ2) is 8.79. The lowest BCUT2D eigenvalue weighted by molar-refractivity contribution is -0.122. The van der Waals surface area contributed by atoms with Crippen molar-refractivity contribution in [3.63, 3.8) is 0 Å². The molecular formula is C14H29N3O3. The number of rotatable bonds is 7. The Morgan fingerprint density at radius 3 is 2.25 bits per heavy atom. The van der Waals surface area contributed by atoms with E-state index in [1.165, 1.54) is 0 Å². The van der Waals surface area contributed by atoms with E-state index in [1.54, 1.807) is 6.92 Å². The number of nitrogens with one attached hydrogen (secondary N) is 3. The van der Waals surface area contributed by atoms with Crippen LogP contribution in [0.15, 0.2) is 0 Å². The minimum Gasteiger partial charge on any atom is -0.444 e. The van der Waals surface area contributed by atoms with Crippen LogP contribution in [0.2, 0.25) is 0 Å². The largest absolute Gasteiger partial charge is 0.444 e. The van der Waals surface area contributed by atoms with Gasteiger partial charge in [-0.05, 0) is 41.0 Å². The van der Waals surface area contributed by atoms with Gasteiger partial charge in [-0.3, -0.25) is 4.79 Å². The van der Waals surface area contributed by atoms with Crippen LogP contribution in [0.1, 0.15) is 48.0 Å². The van der Waals surface area contributed by atoms with Crippen molar-refractivity contribution in [3.8, 4) is 0 Å². The summed E-state index contributed by atoms with van der Waals surface area (Å²) in [6, 6.07) is -0.318. The monoisotopic (exact) mass is 287 g/mol. The van der Waals surface area contributed by atoms with Crippen LogP contribution >= 0.6 is 0 Å². The molecule has 0 spiro atoms. The Hall–Kier alpha value is -1.30. The molecule has 0 aliphatic heterocycles. The molecule has 0 aliphatic rings. The van der Waals surface area contributed by atoms with E-state index in [9.17, 15) is 9.59 Å². The molecule has 2 unspecified atom stereocenters. The predicted molar refractivity (Wildman–Crippen MR) is 79.6 cm³/mol. The van der Waals surface area contributed by atoms with Gasteiger partial charge in [0.2, 0.25) is 5.91 Å². The highest BCUT2D eigenvalue weighted by atomic mass is 16.6. The first-order valence-electron chi connectivity index (χ1n) is 7.16. The summed E-state index contributed by atoms with van der Waals surface area (Å²) >= 11 is 0. The maximum Gasteiger partial charge on any atom is 0.407 e. The summed E-state index contributed by atoms with van der Waals surface area (Å²) in [5.41, 5.74) is -0.506. The lowest BCUT2D eigenvalue weighted by atomic mass is 10.2. The quantitative estimate of drug-likeness (QED) is 0.661. The predicted octanol–water partition coefficient (Wildman–Crippen LogP) is 1.40. The zero-order chi connectivity index (χ0) is 15.8. The van der Waals surface area contributed by atoms with Crippen LogP contribution in [0, 0.1) is 0 Å². The Morgan fingerprint density at radius 1 is 1.15 bits per heavy atom. The van der Waals surface area contributed by atoms with Crippen LogP contribution in [-0.2, 0) is 9.53 Å². The highest BCUT2D eigenvalue weighted by Gasteiger charge is 2.18. The van der Waals surface area contributed by atoms with Crippen LogP contribution in [0.5, 0.6) is 0 Å². The molecule has 0 saturated heterocycles. The van der Waals surface area contributed by atoms with Crippen LogP contribution in [0.25, 0.3) is 0 Å². The summed E-state index contributed by atoms with van der Waals surface area (Å²) in [6.45, 7) is 12.2. The number of hydrogen-bond donors (Lipinski definition) is 3. The van der Waals surface area contributed by atoms with Crippen LogP contribution in [0.4, 0.5) is 4.79 Å². The molecule has 20 heavy (non-hydrogen) atoms. The number of ether oxygens (including phenoxy) is 1. The topological polar surface area (TPSA) is 79.5 Å². The molecule has 0 aromatic rings. The zero-order valence-electron chi connectivity index (χ0n) is 13.5. The second-order valence-electron chi connectivity index (χ2n) is 5.96. The lowest BCUT2D eigenvalue weighted by Crippen LogP contribution is -2.49. The normalized spacial score (nSPS) is 14.3. The first-order valence-corrected chi connectivity index (χ1v) is 7.16. The molecule has 3 N–H and O–H groups in total. The fourth-order valence-electron chi connectivity index (χ4n) is 1.51. The minimum absolute atomic E-state index is 0.0232. The molecule has 2 amide bonds. The SMILES string of the molecule is CCCNC(=O)C(C)NC(C)CNC(=O)OC(C)(C)C. The molecule has 0 aromatic carbocycles. The smallest absolute Gasteiger partial charge is 0.407 e. The number of alkyl carbamates (subject to hydrolysis) is 1. The molecule has 118 valence electrons. The van der Waals surface area contributed by atoms with E-state index in [-0.39, 0.29) is 18.0 Å². The third-order valence-corrected chi connectivity index (χ3v) is 2.43. The zero-order valence-corrected chi connectivity index (χ0v) is 13.5. The fourth-order valence-corrected chi connectivity index (χ4v) is 1.51. The molecule has 2 atom stereocenters. The molecule has 0 bridgehead atoms. The van der Waals surface area contributed by atoms with Crippen LogP contribution in [0.3, 0.4) is 0 Å². The molecule has 0 rings (SSSR count). The summed E-state index contributed by atoms with van der Waals surface area (Å²) in [5, 5.41) is 8.62. The Bertz CT molecular complexity index is 313. The summed E-state index contributed by atoms with van der Waals surface area (Å²) in [6.07, 6.45) is 0.461. The summed E-state index contributed by atoms with van der Waals surface area (Å²) < 4.78 is 5.14. The van der Waals surface area contributed by atoms with Gasteiger partial charge in [-0.2, -0.15) is 0 Å². The summed E-state index contributed by atoms with van der Waals surface area (Å²) in [4.78, 5) is 23.2. The van der Waals surface area contributed by atoms with Gasteiger partial charge in [0.05, 0.1) is 6.04 Å². The lowest BCUT2D eigenvalue weighted by Gasteiger charge is -2.22. The number of hydrogen-bond acceptors (Lipinski definition) is 4. The van der Waals surface area contributed by atoms with Gasteiger partial charge < -0.3 is 20.7 Å². The minimum atomic E-state index is -0.506. The molecule has 0 aliphatic carbocycles. The standard InChI is InChI=1S/C14H29N3O3/c1-7-8-15-12(18)11(3)17-10(2)9-16-13(19)20-14(4,5)6/h10-11,17H,7-9H2,1-6H3,(H,15,18)(H,16,19). The van der Waals surface area contributed by atoms with Gasteiger partial charge in [-0.1, -0.05) is 6.92 Å². The van der Waals surface area contributed by atoms with E-state index >= 15 is 0 Å². The number of carbonyl (C=O) groups excluding carboxylic acids is 2. The average molecular weight is 287 g/mol. The van der Waals surface area contributed by atoms with E-state index < -0.39 is 11.7 Å². The van der Waals surface area contributed by atoms with E-state index in [1.807, 2.05) is 34.6 Å². The summed E-state index contributed by atoms with van der Waals surface area (Å²) in [7, 11) is 0. The van der Waals surface area contributed by atoms with Gasteiger partial charge >= 0.3 is 6.09 Å². The van der Waals surface area contributed by atoms with Crippen molar-refractivity contribution in [2.75, 3.05) is 13.1 Å². The third-order valence-electron chi connectivity index (χ3n) is 2.43. The van der Waals surface area contributed by atoms with Crippen molar-refractivity contribution in [2.45, 2.75) is 65.6 Å². The van der Waals surface area contributed by atoms with Crippen molar-refractivity contribution in [1.29, 1.82) is 0 Å². The number of amides is 2. The van der Waals surface area contributed by atoms with Crippen molar-refractivity contribution >= 4 is 12.0 Å². The molecule has 6 heteroatoms. The molecule has 0 heterocycles. The van der Waals surface area contributed by atoms with Crippen LogP contribution < -0.4 is 16.0 Å². The Labute approximate surface area is 122 Å². The third kappa shape index (κ3) is 9.61. The molecule has 0 saturated carbocycles. The highest BCUT2D eigenvalue weighted by molar-refractivity contribution is 5.81. The highest BCUT2D eigenvalue weighted by Crippen LogP contribution is 2.06. The molecule has 0 aromatic heterocycles. The Balaban J connectivity index is 3.96. The van der Waals surface area contributed by atoms with E-state index in [0.717, 1.165) is 6.42 Å². The van der Waals surface area contributed by atoms with Gasteiger partial charge in [0.25, 0.3) is 0 Å². The van der Waals surface area contributed by atoms with Gasteiger partial charge in [-0.25, -0.2) is 4.79 Å². The van der Waals surface area contributed by atoms with Crippen molar-refractivity contribution in [1.82, 2.24) is 16.0 Å². The Morgan fingerprint density at radius 2 is 1.75 bits per heavy atom. The van der Waals surface area contributed by atoms with E-state index in [4.69, 9.17) is 4.74 Å². The first-order chi connectivity index (χ1) is 9.15. The van der Waals surface area contributed by atoms with E-state index in [0.29, 0.717) is 13.1 Å². The van der Waals surface area contributed by atoms with Crippen molar-refractivity contribution in [2.24, 2.45) is 0 Å². The van der Waals surface area contributed by atoms with Gasteiger partial charge in [0.15, 0.2) is 0 Å². The molecule has 0 radical (unpaired) electrons. The van der Waals surface area contributed by atoms with Gasteiger partial charge in [0, 0.05) is 19.1 Å². The van der Waals surface area contributed by atoms with Crippen molar-refractivity contribution < 1.29 is 14.3 Å². The van der Waals surface area contributed by atoms with Crippen molar-refractivity contribution in [3.05, 3.63) is 0 Å². The molecular weight excluding hydrogens is 258 g/mol. The first kappa shape index (κ1) is 18.7. The van der Waals surface area contributed by atoms with E-state index in [2.05, 4.69) is 16.0 Å². The van der Waals surface area contributed by atoms with Crippen LogP contribution in [-0.4, -0.2) is 42.8 Å². The van der Waals surface area contributed by atoms with Gasteiger partial charge in [-0.15, -0.1) is 0 Å². The average Bonchev–Trinajstić information content (AvgIpc) is 2.31. The molecule has 6 nitrogen and oxygen atoms in total. The second-order valence-corrected chi connectivity index (χ2v) is 5.96. The number of carbonyl (C=O) groups is 2. The molecule has 0 fully saturated rings. The maximum atomic E-state index is 11.7.